The molecule has 2 aromatic carbocycles. The molecule has 29 heavy (non-hydrogen) atoms. The zero-order valence-electron chi connectivity index (χ0n) is 16.9. The Morgan fingerprint density at radius 1 is 1.28 bits per heavy atom. The number of nitrogens with zero attached hydrogens (tertiary/aromatic N) is 2. The van der Waals surface area contributed by atoms with E-state index in [-0.39, 0.29) is 6.03 Å². The van der Waals surface area contributed by atoms with Crippen LogP contribution in [0.5, 0.6) is 5.75 Å². The van der Waals surface area contributed by atoms with Crippen molar-refractivity contribution in [3.8, 4) is 16.9 Å². The number of anilines is 1. The lowest BCUT2D eigenvalue weighted by Crippen LogP contribution is -2.34. The van der Waals surface area contributed by atoms with E-state index in [2.05, 4.69) is 32.8 Å². The van der Waals surface area contributed by atoms with E-state index in [0.29, 0.717) is 18.4 Å². The van der Waals surface area contributed by atoms with Gasteiger partial charge in [-0.2, -0.15) is 5.10 Å². The number of likely N-dealkylation sites (tertiary alicyclic amines) is 1. The lowest BCUT2D eigenvalue weighted by molar-refractivity contribution is 0.248. The van der Waals surface area contributed by atoms with Gasteiger partial charge in [-0.25, -0.2) is 4.79 Å². The van der Waals surface area contributed by atoms with Gasteiger partial charge in [-0.15, -0.1) is 0 Å². The number of aromatic amines is 1. The van der Waals surface area contributed by atoms with Crippen LogP contribution < -0.4 is 15.4 Å². The van der Waals surface area contributed by atoms with Crippen molar-refractivity contribution in [1.82, 2.24) is 20.4 Å². The van der Waals surface area contributed by atoms with Crippen LogP contribution in [-0.2, 0) is 0 Å². The normalized spacial score (nSPS) is 16.8. The van der Waals surface area contributed by atoms with Gasteiger partial charge in [0.25, 0.3) is 0 Å². The molecule has 7 nitrogen and oxygen atoms in total. The van der Waals surface area contributed by atoms with Crippen molar-refractivity contribution >= 4 is 22.8 Å². The quantitative estimate of drug-likeness (QED) is 0.594. The maximum Gasteiger partial charge on any atom is 0.320 e. The zero-order chi connectivity index (χ0) is 20.2. The van der Waals surface area contributed by atoms with Gasteiger partial charge < -0.3 is 15.0 Å². The van der Waals surface area contributed by atoms with Crippen LogP contribution in [0.2, 0.25) is 0 Å². The highest BCUT2D eigenvalue weighted by atomic mass is 16.5. The highest BCUT2D eigenvalue weighted by Crippen LogP contribution is 2.29. The van der Waals surface area contributed by atoms with Crippen molar-refractivity contribution < 1.29 is 9.53 Å². The number of amides is 2. The number of carbonyl (C=O) groups excluding carboxylic acids is 1. The number of rotatable bonds is 6. The van der Waals surface area contributed by atoms with Gasteiger partial charge in [-0.1, -0.05) is 18.2 Å². The minimum absolute atomic E-state index is 0.226. The van der Waals surface area contributed by atoms with Crippen molar-refractivity contribution in [1.29, 1.82) is 0 Å². The Hall–Kier alpha value is -3.06. The number of hydrogen-bond acceptors (Lipinski definition) is 4. The molecule has 1 aromatic heterocycles. The lowest BCUT2D eigenvalue weighted by Gasteiger charge is -2.19. The van der Waals surface area contributed by atoms with Gasteiger partial charge in [0.05, 0.1) is 12.6 Å². The number of hydrogen-bond donors (Lipinski definition) is 3. The van der Waals surface area contributed by atoms with Crippen LogP contribution >= 0.6 is 0 Å². The smallest absolute Gasteiger partial charge is 0.320 e. The number of nitrogens with one attached hydrogen (secondary N) is 3. The highest BCUT2D eigenvalue weighted by molar-refractivity contribution is 6.00. The molecule has 0 radical (unpaired) electrons. The van der Waals surface area contributed by atoms with E-state index >= 15 is 0 Å². The molecule has 0 bridgehead atoms. The molecule has 0 spiro atoms. The Labute approximate surface area is 170 Å². The molecule has 1 unspecified atom stereocenters. The second kappa shape index (κ2) is 8.53. The fourth-order valence-electron chi connectivity index (χ4n) is 3.95. The molecule has 2 heterocycles. The van der Waals surface area contributed by atoms with E-state index in [1.54, 1.807) is 7.11 Å². The molecule has 7 heteroatoms. The number of methoxy groups -OCH3 is 1. The first-order valence-electron chi connectivity index (χ1n) is 10.0. The first kappa shape index (κ1) is 19.3. The number of benzene rings is 2. The van der Waals surface area contributed by atoms with Crippen LogP contribution in [0.3, 0.4) is 0 Å². The largest absolute Gasteiger partial charge is 0.497 e. The fourth-order valence-corrected chi connectivity index (χ4v) is 3.95. The zero-order valence-corrected chi connectivity index (χ0v) is 16.9. The van der Waals surface area contributed by atoms with E-state index < -0.39 is 0 Å². The average Bonchev–Trinajstić information content (AvgIpc) is 3.34. The molecular formula is C22H27N5O2. The summed E-state index contributed by atoms with van der Waals surface area (Å²) in [5, 5.41) is 13.9. The van der Waals surface area contributed by atoms with E-state index in [4.69, 9.17) is 4.74 Å². The molecule has 0 aliphatic carbocycles. The van der Waals surface area contributed by atoms with Gasteiger partial charge >= 0.3 is 6.03 Å². The Kier molecular flexibility index (Phi) is 5.67. The van der Waals surface area contributed by atoms with Gasteiger partial charge in [0.2, 0.25) is 0 Å². The Balaban J connectivity index is 1.40. The second-order valence-corrected chi connectivity index (χ2v) is 7.51. The summed E-state index contributed by atoms with van der Waals surface area (Å²) in [6.07, 6.45) is 3.42. The second-order valence-electron chi connectivity index (χ2n) is 7.51. The van der Waals surface area contributed by atoms with Gasteiger partial charge in [-0.3, -0.25) is 10.4 Å². The first-order valence-corrected chi connectivity index (χ1v) is 10.0. The van der Waals surface area contributed by atoms with Crippen molar-refractivity contribution in [2.75, 3.05) is 32.6 Å². The Bertz CT molecular complexity index is 1000. The molecule has 0 saturated carbocycles. The monoisotopic (exact) mass is 393 g/mol. The first-order chi connectivity index (χ1) is 14.1. The van der Waals surface area contributed by atoms with E-state index in [1.807, 2.05) is 42.5 Å². The van der Waals surface area contributed by atoms with Gasteiger partial charge in [0.15, 0.2) is 5.82 Å². The standard InChI is InChI=1S/C22H27N5O2/c1-27-12-4-6-17(27)10-11-23-22(28)24-21-19-9-8-16(14-20(19)25-26-21)15-5-3-7-18(13-15)29-2/h3,5,7-9,13-14,17H,4,6,10-12H2,1-2H3,(H3,23,24,25,26,28). The number of ether oxygens (including phenoxy) is 1. The van der Waals surface area contributed by atoms with Crippen molar-refractivity contribution in [3.05, 3.63) is 42.5 Å². The molecule has 1 fully saturated rings. The van der Waals surface area contributed by atoms with E-state index in [1.165, 1.54) is 12.8 Å². The minimum atomic E-state index is -0.226. The third-order valence-corrected chi connectivity index (χ3v) is 5.63. The van der Waals surface area contributed by atoms with Gasteiger partial charge in [-0.05, 0) is 68.2 Å². The molecule has 3 aromatic rings. The molecule has 1 aliphatic rings. The van der Waals surface area contributed by atoms with Gasteiger partial charge in [0.1, 0.15) is 5.75 Å². The number of urea groups is 1. The van der Waals surface area contributed by atoms with Gasteiger partial charge in [0, 0.05) is 18.0 Å². The molecular weight excluding hydrogens is 366 g/mol. The highest BCUT2D eigenvalue weighted by Gasteiger charge is 2.20. The average molecular weight is 393 g/mol. The predicted octanol–water partition coefficient (Wildman–Crippen LogP) is 3.84. The molecule has 152 valence electrons. The summed E-state index contributed by atoms with van der Waals surface area (Å²) in [4.78, 5) is 14.6. The minimum Gasteiger partial charge on any atom is -0.497 e. The summed E-state index contributed by atoms with van der Waals surface area (Å²) in [5.74, 6) is 1.35. The number of carbonyl (C=O) groups is 1. The van der Waals surface area contributed by atoms with E-state index in [0.717, 1.165) is 40.7 Å². The number of aromatic nitrogens is 2. The molecule has 1 saturated heterocycles. The molecule has 1 aliphatic heterocycles. The summed E-state index contributed by atoms with van der Waals surface area (Å²) in [7, 11) is 3.81. The summed E-state index contributed by atoms with van der Waals surface area (Å²) in [6, 6.07) is 14.3. The Morgan fingerprint density at radius 3 is 2.93 bits per heavy atom. The van der Waals surface area contributed by atoms with Crippen LogP contribution in [0, 0.1) is 0 Å². The summed E-state index contributed by atoms with van der Waals surface area (Å²) in [6.45, 7) is 1.80. The maximum absolute atomic E-state index is 12.3. The summed E-state index contributed by atoms with van der Waals surface area (Å²) < 4.78 is 5.30. The number of fused-ring (bicyclic) bond motifs is 1. The fraction of sp³-hybridized carbons (Fsp3) is 0.364. The summed E-state index contributed by atoms with van der Waals surface area (Å²) in [5.41, 5.74) is 2.98. The molecule has 3 N–H and O–H groups in total. The van der Waals surface area contributed by atoms with Crippen LogP contribution in [0.25, 0.3) is 22.0 Å². The third-order valence-electron chi connectivity index (χ3n) is 5.63. The molecule has 2 amide bonds. The Morgan fingerprint density at radius 2 is 2.14 bits per heavy atom. The predicted molar refractivity (Wildman–Crippen MR) is 115 cm³/mol. The van der Waals surface area contributed by atoms with E-state index in [9.17, 15) is 4.79 Å². The maximum atomic E-state index is 12.3. The van der Waals surface area contributed by atoms with Crippen molar-refractivity contribution in [2.45, 2.75) is 25.3 Å². The topological polar surface area (TPSA) is 82.3 Å². The lowest BCUT2D eigenvalue weighted by atomic mass is 10.0. The van der Waals surface area contributed by atoms with Crippen molar-refractivity contribution in [2.24, 2.45) is 0 Å². The van der Waals surface area contributed by atoms with Crippen LogP contribution in [-0.4, -0.2) is 54.4 Å². The van der Waals surface area contributed by atoms with Crippen LogP contribution in [0.4, 0.5) is 10.6 Å². The SMILES string of the molecule is COc1cccc(-c2ccc3c(NC(=O)NCCC4CCCN4C)n[nH]c3c2)c1. The summed E-state index contributed by atoms with van der Waals surface area (Å²) >= 11 is 0. The molecule has 4 rings (SSSR count). The van der Waals surface area contributed by atoms with Crippen LogP contribution in [0.1, 0.15) is 19.3 Å². The van der Waals surface area contributed by atoms with Crippen molar-refractivity contribution in [3.63, 3.8) is 0 Å². The molecule has 1 atom stereocenters. The third kappa shape index (κ3) is 4.35. The number of H-pyrrole nitrogens is 1. The van der Waals surface area contributed by atoms with Crippen LogP contribution in [0.15, 0.2) is 42.5 Å².